The van der Waals surface area contributed by atoms with Crippen molar-refractivity contribution in [2.45, 2.75) is 117 Å². The number of carbonyl (C=O) groups is 6. The van der Waals surface area contributed by atoms with E-state index in [0.29, 0.717) is 53.9 Å². The number of aryl methyl sites for hydroxylation is 2. The topological polar surface area (TPSA) is 292 Å². The maximum absolute atomic E-state index is 12.7. The van der Waals surface area contributed by atoms with Crippen molar-refractivity contribution in [1.82, 2.24) is 29.7 Å². The fourth-order valence-corrected chi connectivity index (χ4v) is 9.23. The van der Waals surface area contributed by atoms with Crippen LogP contribution >= 0.6 is 49.7 Å². The SMILES string of the molecule is CCO.CCOC(=O)C(C)(C)c1cc(-c2sc(CC(=O)N3CCC[C@H]3C(N)=O)nc2C)ccn1.Cc1nc(CC(=O)N2CCC[C@H]2C(N)=O)sc1-c1ccnc(C(C)(C)C(=O)O)c1.S.S.[Na+].[OH-]. The molecule has 4 aromatic rings. The van der Waals surface area contributed by atoms with E-state index in [0.717, 1.165) is 45.1 Å². The van der Waals surface area contributed by atoms with Gasteiger partial charge in [-0.15, -0.1) is 22.7 Å². The van der Waals surface area contributed by atoms with Gasteiger partial charge in [-0.25, -0.2) is 9.97 Å². The first-order valence-electron chi connectivity index (χ1n) is 20.7. The predicted molar refractivity (Wildman–Crippen MR) is 261 cm³/mol. The molecule has 0 unspecified atom stereocenters. The number of carboxylic acid groups (broad SMARTS) is 1. The molecule has 4 aromatic heterocycles. The Morgan fingerprint density at radius 2 is 1.12 bits per heavy atom. The van der Waals surface area contributed by atoms with Crippen LogP contribution in [0.1, 0.15) is 100 Å². The first-order chi connectivity index (χ1) is 29.7. The van der Waals surface area contributed by atoms with Gasteiger partial charge in [-0.05, 0) is 116 Å². The Morgan fingerprint density at radius 3 is 1.46 bits per heavy atom. The molecular formula is C44H63N8NaO10S4. The van der Waals surface area contributed by atoms with E-state index in [1.165, 1.54) is 22.7 Å². The van der Waals surface area contributed by atoms with Crippen LogP contribution in [0.25, 0.3) is 20.9 Å². The van der Waals surface area contributed by atoms with Crippen LogP contribution in [0.15, 0.2) is 36.7 Å². The van der Waals surface area contributed by atoms with Crippen molar-refractivity contribution in [2.75, 3.05) is 26.3 Å². The number of primary amides is 2. The van der Waals surface area contributed by atoms with Crippen LogP contribution in [0.2, 0.25) is 0 Å². The summed E-state index contributed by atoms with van der Waals surface area (Å²) >= 11 is 2.82. The second-order valence-corrected chi connectivity index (χ2v) is 18.3. The minimum Gasteiger partial charge on any atom is -0.870 e. The minimum atomic E-state index is -1.12. The van der Waals surface area contributed by atoms with Gasteiger partial charge < -0.3 is 41.7 Å². The van der Waals surface area contributed by atoms with Gasteiger partial charge >= 0.3 is 41.5 Å². The van der Waals surface area contributed by atoms with Crippen molar-refractivity contribution in [2.24, 2.45) is 11.5 Å². The Hall–Kier alpha value is -4.00. The zero-order valence-electron chi connectivity index (χ0n) is 39.5. The van der Waals surface area contributed by atoms with Crippen molar-refractivity contribution in [3.05, 3.63) is 69.5 Å². The number of carboxylic acids is 1. The standard InChI is InChI=1S/C22H28N4O4S.C20H24N4O4S.C2H6O.Na.H2O.2H2S/c1-5-30-21(29)22(3,4)16-11-14(8-9-24-16)19-13(2)25-17(31-19)12-18(27)26-10-6-7-15(26)20(23)28;1-11-17(12-6-7-22-14(9-12)20(2,3)19(27)28)29-15(23-11)10-16(25)24-8-4-5-13(24)18(21)26;1-2-3;;;;/h8-9,11,15H,5-7,10,12H2,1-4H3,(H2,23,28);6-7,9,13H,4-5,8,10H2,1-3H3,(H2,21,26)(H,27,28);3H,2H2,1H3;;3*1H2/q;;;+1;;;/p-1/t15-;13-;;;;;/m00...../s1. The molecule has 2 aliphatic rings. The molecule has 0 aromatic carbocycles. The van der Waals surface area contributed by atoms with Gasteiger partial charge in [0.2, 0.25) is 23.6 Å². The summed E-state index contributed by atoms with van der Waals surface area (Å²) in [5, 5.41) is 18.3. The van der Waals surface area contributed by atoms with Crippen molar-refractivity contribution in [1.29, 1.82) is 0 Å². The van der Waals surface area contributed by atoms with E-state index < -0.39 is 40.7 Å². The van der Waals surface area contributed by atoms with E-state index in [1.807, 2.05) is 26.0 Å². The molecule has 6 heterocycles. The monoisotopic (exact) mass is 1010 g/mol. The zero-order valence-corrected chi connectivity index (χ0v) is 45.2. The number of hydrogen-bond donors (Lipinski definition) is 4. The quantitative estimate of drug-likeness (QED) is 0.109. The molecular weight excluding hydrogens is 952 g/mol. The number of aliphatic hydroxyl groups is 1. The molecule has 7 N–H and O–H groups in total. The van der Waals surface area contributed by atoms with Crippen LogP contribution < -0.4 is 41.0 Å². The Kier molecular flexibility index (Phi) is 26.2. The Morgan fingerprint density at radius 1 is 0.746 bits per heavy atom. The molecule has 4 amide bonds. The van der Waals surface area contributed by atoms with Crippen LogP contribution in [-0.4, -0.2) is 119 Å². The average molecular weight is 1020 g/mol. The van der Waals surface area contributed by atoms with E-state index in [2.05, 4.69) is 19.9 Å². The number of hydrogen-bond acceptors (Lipinski definition) is 15. The van der Waals surface area contributed by atoms with Gasteiger partial charge in [0.05, 0.1) is 52.0 Å². The van der Waals surface area contributed by atoms with Crippen LogP contribution in [0.4, 0.5) is 0 Å². The molecule has 364 valence electrons. The fraction of sp³-hybridized carbons (Fsp3) is 0.500. The molecule has 2 aliphatic heterocycles. The number of pyridine rings is 2. The van der Waals surface area contributed by atoms with Gasteiger partial charge in [0.25, 0.3) is 0 Å². The van der Waals surface area contributed by atoms with Gasteiger partial charge in [-0.1, -0.05) is 0 Å². The van der Waals surface area contributed by atoms with E-state index in [-0.39, 0.29) is 99.3 Å². The van der Waals surface area contributed by atoms with Crippen LogP contribution in [-0.2, 0) is 57.2 Å². The summed E-state index contributed by atoms with van der Waals surface area (Å²) in [5.41, 5.74) is 13.1. The predicted octanol–water partition coefficient (Wildman–Crippen LogP) is 1.32. The van der Waals surface area contributed by atoms with E-state index in [9.17, 15) is 33.9 Å². The van der Waals surface area contributed by atoms with Crippen LogP contribution in [0.3, 0.4) is 0 Å². The Bertz CT molecular complexity index is 2330. The number of thiazole rings is 2. The third-order valence-corrected chi connectivity index (χ3v) is 13.1. The number of amides is 4. The molecule has 0 bridgehead atoms. The Balaban J connectivity index is 0.00000116. The van der Waals surface area contributed by atoms with E-state index in [4.69, 9.17) is 21.3 Å². The van der Waals surface area contributed by atoms with E-state index >= 15 is 0 Å². The summed E-state index contributed by atoms with van der Waals surface area (Å²) in [6.45, 7) is 15.6. The summed E-state index contributed by atoms with van der Waals surface area (Å²) in [5.74, 6) is -2.52. The molecule has 23 heteroatoms. The van der Waals surface area contributed by atoms with Gasteiger partial charge in [-0.3, -0.25) is 38.7 Å². The molecule has 2 atom stereocenters. The molecule has 0 saturated carbocycles. The fourth-order valence-electron chi connectivity index (χ4n) is 7.13. The van der Waals surface area contributed by atoms with Gasteiger partial charge in [-0.2, -0.15) is 27.0 Å². The maximum atomic E-state index is 12.7. The number of rotatable bonds is 13. The number of esters is 1. The minimum absolute atomic E-state index is 0. The van der Waals surface area contributed by atoms with Crippen molar-refractivity contribution >= 4 is 85.2 Å². The van der Waals surface area contributed by atoms with Crippen molar-refractivity contribution in [3.63, 3.8) is 0 Å². The van der Waals surface area contributed by atoms with Gasteiger partial charge in [0.15, 0.2) is 0 Å². The normalized spacial score (nSPS) is 15.1. The molecule has 18 nitrogen and oxygen atoms in total. The first kappa shape index (κ1) is 63.0. The first-order valence-corrected chi connectivity index (χ1v) is 22.4. The van der Waals surface area contributed by atoms with E-state index in [1.54, 1.807) is 75.9 Å². The number of aliphatic carboxylic acids is 1. The summed E-state index contributed by atoms with van der Waals surface area (Å²) in [6, 6.07) is 6.22. The van der Waals surface area contributed by atoms with Gasteiger partial charge in [0.1, 0.15) is 32.9 Å². The van der Waals surface area contributed by atoms with Gasteiger partial charge in [0, 0.05) is 32.1 Å². The summed E-state index contributed by atoms with van der Waals surface area (Å²) in [4.78, 5) is 95.0. The molecule has 2 fully saturated rings. The largest absolute Gasteiger partial charge is 1.00 e. The number of aliphatic hydroxyl groups excluding tert-OH is 1. The smallest absolute Gasteiger partial charge is 0.870 e. The molecule has 0 radical (unpaired) electrons. The van der Waals surface area contributed by atoms with Crippen molar-refractivity contribution < 1.29 is 78.8 Å². The number of likely N-dealkylation sites (tertiary alicyclic amines) is 2. The average Bonchev–Trinajstić information content (AvgIpc) is 4.06. The van der Waals surface area contributed by atoms with Crippen molar-refractivity contribution in [3.8, 4) is 20.9 Å². The maximum Gasteiger partial charge on any atom is 1.00 e. The molecule has 0 spiro atoms. The van der Waals surface area contributed by atoms with Crippen LogP contribution in [0.5, 0.6) is 0 Å². The molecule has 67 heavy (non-hydrogen) atoms. The number of nitrogens with two attached hydrogens (primary N) is 2. The molecule has 2 saturated heterocycles. The number of nitrogens with zero attached hydrogens (tertiary/aromatic N) is 6. The summed E-state index contributed by atoms with van der Waals surface area (Å²) < 4.78 is 5.19. The summed E-state index contributed by atoms with van der Waals surface area (Å²) in [7, 11) is 0. The summed E-state index contributed by atoms with van der Waals surface area (Å²) in [6.07, 6.45) is 6.23. The second-order valence-electron chi connectivity index (χ2n) is 16.1. The third kappa shape index (κ3) is 15.8. The number of carbonyl (C=O) groups excluding carboxylic acids is 5. The third-order valence-electron chi connectivity index (χ3n) is 10.7. The Labute approximate surface area is 435 Å². The molecule has 0 aliphatic carbocycles. The second kappa shape index (κ2) is 27.9. The number of ether oxygens (including phenoxy) is 1. The zero-order chi connectivity index (χ0) is 46.8. The molecule has 6 rings (SSSR count). The van der Waals surface area contributed by atoms with Crippen LogP contribution in [0, 0.1) is 13.8 Å². The number of aromatic nitrogens is 4.